The molecule has 0 spiro atoms. The average Bonchev–Trinajstić information content (AvgIpc) is 2.58. The van der Waals surface area contributed by atoms with Crippen molar-refractivity contribution in [3.63, 3.8) is 0 Å². The zero-order valence-corrected chi connectivity index (χ0v) is 17.7. The van der Waals surface area contributed by atoms with Gasteiger partial charge in [-0.1, -0.05) is 13.8 Å². The van der Waals surface area contributed by atoms with E-state index < -0.39 is 23.7 Å². The molecule has 0 heterocycles. The number of alkyl carbamates (subject to hydrolysis) is 1. The van der Waals surface area contributed by atoms with Crippen LogP contribution in [-0.4, -0.2) is 48.5 Å². The van der Waals surface area contributed by atoms with Crippen molar-refractivity contribution in [3.05, 3.63) is 24.3 Å². The van der Waals surface area contributed by atoms with Gasteiger partial charge in [0.15, 0.2) is 0 Å². The summed E-state index contributed by atoms with van der Waals surface area (Å²) in [6.45, 7) is 11.6. The second-order valence-electron chi connectivity index (χ2n) is 7.73. The van der Waals surface area contributed by atoms with Gasteiger partial charge >= 0.3 is 12.1 Å². The molecule has 158 valence electrons. The van der Waals surface area contributed by atoms with Gasteiger partial charge in [0.2, 0.25) is 0 Å². The summed E-state index contributed by atoms with van der Waals surface area (Å²) in [6, 6.07) is 7.02. The van der Waals surface area contributed by atoms with Crippen LogP contribution in [0, 0.1) is 0 Å². The van der Waals surface area contributed by atoms with Crippen molar-refractivity contribution in [3.8, 4) is 5.75 Å². The van der Waals surface area contributed by atoms with E-state index in [1.807, 2.05) is 24.3 Å². The van der Waals surface area contributed by atoms with Crippen LogP contribution in [0.5, 0.6) is 5.75 Å². The van der Waals surface area contributed by atoms with Gasteiger partial charge in [0, 0.05) is 18.8 Å². The fourth-order valence-corrected chi connectivity index (χ4v) is 2.70. The quantitative estimate of drug-likeness (QED) is 0.588. The molecule has 0 saturated carbocycles. The number of aliphatic carboxylic acids is 1. The third-order valence-electron chi connectivity index (χ3n) is 3.78. The summed E-state index contributed by atoms with van der Waals surface area (Å²) in [4.78, 5) is 25.3. The molecule has 1 aromatic rings. The fraction of sp³-hybridized carbons (Fsp3) is 0.619. The number of hydrogen-bond acceptors (Lipinski definition) is 5. The maximum absolute atomic E-state index is 11.9. The summed E-state index contributed by atoms with van der Waals surface area (Å²) in [5, 5.41) is 11.6. The number of benzene rings is 1. The molecule has 0 saturated heterocycles. The van der Waals surface area contributed by atoms with E-state index in [1.54, 1.807) is 20.8 Å². The highest BCUT2D eigenvalue weighted by atomic mass is 16.6. The van der Waals surface area contributed by atoms with Crippen LogP contribution < -0.4 is 15.0 Å². The molecular formula is C21H34N2O5. The molecule has 0 aliphatic heterocycles. The molecule has 0 radical (unpaired) electrons. The minimum absolute atomic E-state index is 0.0402. The van der Waals surface area contributed by atoms with Crippen molar-refractivity contribution in [2.45, 2.75) is 65.5 Å². The molecule has 0 unspecified atom stereocenters. The largest absolute Gasteiger partial charge is 0.491 e. The van der Waals surface area contributed by atoms with E-state index in [1.165, 1.54) is 0 Å². The molecule has 7 nitrogen and oxygen atoms in total. The highest BCUT2D eigenvalue weighted by Crippen LogP contribution is 2.20. The number of nitrogens with zero attached hydrogens (tertiary/aromatic N) is 1. The number of hydrogen-bond donors (Lipinski definition) is 2. The maximum Gasteiger partial charge on any atom is 0.408 e. The Morgan fingerprint density at radius 2 is 1.68 bits per heavy atom. The second kappa shape index (κ2) is 11.4. The number of anilines is 1. The van der Waals surface area contributed by atoms with Crippen LogP contribution in [0.25, 0.3) is 0 Å². The van der Waals surface area contributed by atoms with Crippen LogP contribution in [0.15, 0.2) is 24.3 Å². The van der Waals surface area contributed by atoms with Crippen molar-refractivity contribution in [1.82, 2.24) is 5.32 Å². The predicted molar refractivity (Wildman–Crippen MR) is 110 cm³/mol. The van der Waals surface area contributed by atoms with Crippen LogP contribution in [-0.2, 0) is 9.53 Å². The highest BCUT2D eigenvalue weighted by Gasteiger charge is 2.21. The van der Waals surface area contributed by atoms with Crippen molar-refractivity contribution < 1.29 is 24.2 Å². The standard InChI is InChI=1S/C21H34N2O5/c1-6-12-23(13-7-2)17-8-10-18(11-9-17)27-15-16(14-19(24)25)22-20(26)28-21(3,4)5/h8-11,16H,6-7,12-15H2,1-5H3,(H,22,26)(H,24,25)/t16-/m1/s1. The Kier molecular flexibility index (Phi) is 9.62. The minimum Gasteiger partial charge on any atom is -0.491 e. The summed E-state index contributed by atoms with van der Waals surface area (Å²) < 4.78 is 10.9. The Morgan fingerprint density at radius 1 is 1.11 bits per heavy atom. The lowest BCUT2D eigenvalue weighted by atomic mass is 10.2. The van der Waals surface area contributed by atoms with E-state index in [9.17, 15) is 9.59 Å². The van der Waals surface area contributed by atoms with Crippen molar-refractivity contribution >= 4 is 17.7 Å². The number of carboxylic acid groups (broad SMARTS) is 1. The first-order valence-electron chi connectivity index (χ1n) is 9.83. The van der Waals surface area contributed by atoms with E-state index in [-0.39, 0.29) is 13.0 Å². The monoisotopic (exact) mass is 394 g/mol. The normalized spacial score (nSPS) is 12.2. The van der Waals surface area contributed by atoms with Gasteiger partial charge in [0.25, 0.3) is 0 Å². The van der Waals surface area contributed by atoms with Gasteiger partial charge in [0.05, 0.1) is 12.5 Å². The Balaban J connectivity index is 2.68. The zero-order valence-electron chi connectivity index (χ0n) is 17.7. The molecule has 1 amide bonds. The highest BCUT2D eigenvalue weighted by molar-refractivity contribution is 5.71. The number of carboxylic acids is 1. The van der Waals surface area contributed by atoms with E-state index in [4.69, 9.17) is 14.6 Å². The molecule has 0 aliphatic rings. The summed E-state index contributed by atoms with van der Waals surface area (Å²) in [7, 11) is 0. The first kappa shape index (κ1) is 23.6. The van der Waals surface area contributed by atoms with Gasteiger partial charge in [-0.25, -0.2) is 4.79 Å². The SMILES string of the molecule is CCCN(CCC)c1ccc(OC[C@@H](CC(=O)O)NC(=O)OC(C)(C)C)cc1. The van der Waals surface area contributed by atoms with Crippen LogP contribution in [0.1, 0.15) is 53.9 Å². The van der Waals surface area contributed by atoms with E-state index >= 15 is 0 Å². The molecule has 28 heavy (non-hydrogen) atoms. The van der Waals surface area contributed by atoms with E-state index in [0.717, 1.165) is 31.6 Å². The summed E-state index contributed by atoms with van der Waals surface area (Å²) in [6.07, 6.45) is 1.24. The Labute approximate surface area is 168 Å². The lowest BCUT2D eigenvalue weighted by Gasteiger charge is -2.24. The molecule has 7 heteroatoms. The zero-order chi connectivity index (χ0) is 21.2. The lowest BCUT2D eigenvalue weighted by molar-refractivity contribution is -0.137. The van der Waals surface area contributed by atoms with Crippen LogP contribution in [0.4, 0.5) is 10.5 Å². The van der Waals surface area contributed by atoms with E-state index in [2.05, 4.69) is 24.1 Å². The summed E-state index contributed by atoms with van der Waals surface area (Å²) in [5.74, 6) is -0.396. The Hall–Kier alpha value is -2.44. The minimum atomic E-state index is -1.02. The number of rotatable bonds is 11. The smallest absolute Gasteiger partial charge is 0.408 e. The number of carbonyl (C=O) groups excluding carboxylic acids is 1. The lowest BCUT2D eigenvalue weighted by Crippen LogP contribution is -2.43. The number of ether oxygens (including phenoxy) is 2. The number of amides is 1. The second-order valence-corrected chi connectivity index (χ2v) is 7.73. The Bertz CT molecular complexity index is 604. The molecule has 1 rings (SSSR count). The van der Waals surface area contributed by atoms with Crippen LogP contribution in [0.2, 0.25) is 0 Å². The first-order chi connectivity index (χ1) is 13.1. The van der Waals surface area contributed by atoms with Crippen LogP contribution in [0.3, 0.4) is 0 Å². The van der Waals surface area contributed by atoms with Crippen LogP contribution >= 0.6 is 0 Å². The fourth-order valence-electron chi connectivity index (χ4n) is 2.70. The van der Waals surface area contributed by atoms with Gasteiger partial charge < -0.3 is 24.8 Å². The molecule has 0 fully saturated rings. The summed E-state index contributed by atoms with van der Waals surface area (Å²) >= 11 is 0. The first-order valence-corrected chi connectivity index (χ1v) is 9.83. The van der Waals surface area contributed by atoms with Gasteiger partial charge in [-0.2, -0.15) is 0 Å². The third-order valence-corrected chi connectivity index (χ3v) is 3.78. The molecule has 1 atom stereocenters. The molecule has 0 aliphatic carbocycles. The number of carbonyl (C=O) groups is 2. The van der Waals surface area contributed by atoms with Gasteiger partial charge in [-0.3, -0.25) is 4.79 Å². The summed E-state index contributed by atoms with van der Waals surface area (Å²) in [5.41, 5.74) is 0.474. The molecule has 0 bridgehead atoms. The van der Waals surface area contributed by atoms with Crippen molar-refractivity contribution in [2.24, 2.45) is 0 Å². The Morgan fingerprint density at radius 3 is 2.14 bits per heavy atom. The average molecular weight is 395 g/mol. The van der Waals surface area contributed by atoms with Crippen molar-refractivity contribution in [2.75, 3.05) is 24.6 Å². The topological polar surface area (TPSA) is 88.1 Å². The maximum atomic E-state index is 11.9. The molecular weight excluding hydrogens is 360 g/mol. The third kappa shape index (κ3) is 9.48. The molecule has 1 aromatic carbocycles. The molecule has 2 N–H and O–H groups in total. The van der Waals surface area contributed by atoms with Gasteiger partial charge in [-0.05, 0) is 57.9 Å². The van der Waals surface area contributed by atoms with E-state index in [0.29, 0.717) is 5.75 Å². The van der Waals surface area contributed by atoms with Gasteiger partial charge in [-0.15, -0.1) is 0 Å². The van der Waals surface area contributed by atoms with Crippen molar-refractivity contribution in [1.29, 1.82) is 0 Å². The van der Waals surface area contributed by atoms with Gasteiger partial charge in [0.1, 0.15) is 18.0 Å². The molecule has 0 aromatic heterocycles. The predicted octanol–water partition coefficient (Wildman–Crippen LogP) is 4.06. The number of nitrogens with one attached hydrogen (secondary N) is 1.